The molecule has 1 unspecified atom stereocenters. The molecule has 3 rings (SSSR count). The third-order valence-corrected chi connectivity index (χ3v) is 8.16. The summed E-state index contributed by atoms with van der Waals surface area (Å²) in [6.07, 6.45) is 1.88. The highest BCUT2D eigenvalue weighted by atomic mass is 35.5. The lowest BCUT2D eigenvalue weighted by molar-refractivity contribution is -0.141. The Morgan fingerprint density at radius 2 is 1.59 bits per heavy atom. The van der Waals surface area contributed by atoms with Gasteiger partial charge in [0.05, 0.1) is 11.9 Å². The molecule has 0 aliphatic rings. The number of anilines is 1. The molecule has 9 heteroatoms. The lowest BCUT2D eigenvalue weighted by atomic mass is 10.0. The summed E-state index contributed by atoms with van der Waals surface area (Å²) in [7, 11) is -2.01. The fourth-order valence-corrected chi connectivity index (χ4v) is 5.47. The molecular weight excluding hydrogens is 534 g/mol. The zero-order valence-corrected chi connectivity index (χ0v) is 24.4. The van der Waals surface area contributed by atoms with Crippen molar-refractivity contribution in [1.82, 2.24) is 10.2 Å². The number of carbonyl (C=O) groups is 2. The number of sulfonamides is 1. The number of halogens is 1. The van der Waals surface area contributed by atoms with Gasteiger partial charge in [0.25, 0.3) is 0 Å². The van der Waals surface area contributed by atoms with Crippen LogP contribution in [-0.4, -0.2) is 51.0 Å². The second kappa shape index (κ2) is 13.6. The molecule has 0 saturated carbocycles. The van der Waals surface area contributed by atoms with E-state index < -0.39 is 16.1 Å². The van der Waals surface area contributed by atoms with Crippen molar-refractivity contribution < 1.29 is 18.0 Å². The monoisotopic (exact) mass is 569 g/mol. The first-order chi connectivity index (χ1) is 18.5. The van der Waals surface area contributed by atoms with Gasteiger partial charge < -0.3 is 10.2 Å². The minimum Gasteiger partial charge on any atom is -0.357 e. The average molecular weight is 570 g/mol. The molecule has 0 aromatic heterocycles. The van der Waals surface area contributed by atoms with Gasteiger partial charge in [-0.2, -0.15) is 0 Å². The van der Waals surface area contributed by atoms with E-state index in [4.69, 9.17) is 11.6 Å². The first kappa shape index (κ1) is 30.2. The van der Waals surface area contributed by atoms with E-state index in [0.29, 0.717) is 23.6 Å². The third kappa shape index (κ3) is 8.57. The summed E-state index contributed by atoms with van der Waals surface area (Å²) in [6, 6.07) is 21.5. The Balaban J connectivity index is 1.84. The van der Waals surface area contributed by atoms with Crippen LogP contribution in [0.25, 0.3) is 0 Å². The quantitative estimate of drug-likeness (QED) is 0.336. The summed E-state index contributed by atoms with van der Waals surface area (Å²) < 4.78 is 26.6. The molecule has 208 valence electrons. The number of hydrogen-bond donors (Lipinski definition) is 1. The zero-order valence-electron chi connectivity index (χ0n) is 22.9. The Hall–Kier alpha value is -3.36. The van der Waals surface area contributed by atoms with E-state index in [0.717, 1.165) is 22.3 Å². The molecule has 2 amide bonds. The molecule has 0 heterocycles. The van der Waals surface area contributed by atoms with Gasteiger partial charge in [-0.1, -0.05) is 60.1 Å². The first-order valence-corrected chi connectivity index (χ1v) is 15.1. The van der Waals surface area contributed by atoms with Crippen LogP contribution in [0, 0.1) is 13.8 Å². The highest BCUT2D eigenvalue weighted by molar-refractivity contribution is 7.92. The van der Waals surface area contributed by atoms with Crippen molar-refractivity contribution in [2.24, 2.45) is 0 Å². The molecule has 0 aliphatic heterocycles. The maximum absolute atomic E-state index is 13.7. The van der Waals surface area contributed by atoms with Crippen molar-refractivity contribution in [3.63, 3.8) is 0 Å². The topological polar surface area (TPSA) is 86.8 Å². The normalized spacial score (nSPS) is 12.0. The predicted octanol–water partition coefficient (Wildman–Crippen LogP) is 4.89. The fourth-order valence-electron chi connectivity index (χ4n) is 4.39. The molecule has 7 nitrogen and oxygen atoms in total. The minimum atomic E-state index is -3.56. The largest absolute Gasteiger partial charge is 0.357 e. The van der Waals surface area contributed by atoms with Crippen LogP contribution in [0.15, 0.2) is 72.8 Å². The lowest BCUT2D eigenvalue weighted by Gasteiger charge is -2.31. The van der Waals surface area contributed by atoms with Crippen molar-refractivity contribution in [2.75, 3.05) is 24.2 Å². The minimum absolute atomic E-state index is 0.0761. The summed E-state index contributed by atoms with van der Waals surface area (Å²) in [4.78, 5) is 28.3. The van der Waals surface area contributed by atoms with Crippen molar-refractivity contribution in [2.45, 2.75) is 45.7 Å². The molecule has 0 bridgehead atoms. The van der Waals surface area contributed by atoms with Crippen LogP contribution >= 0.6 is 11.6 Å². The zero-order chi connectivity index (χ0) is 28.6. The van der Waals surface area contributed by atoms with Gasteiger partial charge in [0.2, 0.25) is 21.8 Å². The van der Waals surface area contributed by atoms with Crippen LogP contribution in [-0.2, 0) is 32.6 Å². The van der Waals surface area contributed by atoms with E-state index in [1.54, 1.807) is 30.1 Å². The number of carbonyl (C=O) groups excluding carboxylic acids is 2. The van der Waals surface area contributed by atoms with Crippen molar-refractivity contribution >= 4 is 39.1 Å². The van der Waals surface area contributed by atoms with Gasteiger partial charge in [-0.3, -0.25) is 13.9 Å². The SMILES string of the molecule is CNC(=O)C(Cc1ccccc1)N(Cc1ccc(Cl)cc1)C(=O)CCCN(c1ccc(C)c(C)c1)S(C)(=O)=O. The second-order valence-corrected chi connectivity index (χ2v) is 12.0. The molecule has 1 N–H and O–H groups in total. The summed E-state index contributed by atoms with van der Waals surface area (Å²) in [5.41, 5.74) is 4.39. The molecule has 3 aromatic carbocycles. The number of benzene rings is 3. The first-order valence-electron chi connectivity index (χ1n) is 12.8. The number of nitrogens with zero attached hydrogens (tertiary/aromatic N) is 2. The number of amides is 2. The maximum Gasteiger partial charge on any atom is 0.242 e. The fraction of sp³-hybridized carbons (Fsp3) is 0.333. The Bertz CT molecular complexity index is 1380. The second-order valence-electron chi connectivity index (χ2n) is 9.68. The highest BCUT2D eigenvalue weighted by Gasteiger charge is 2.30. The molecule has 0 saturated heterocycles. The van der Waals surface area contributed by atoms with Crippen LogP contribution in [0.2, 0.25) is 5.02 Å². The van der Waals surface area contributed by atoms with Crippen LogP contribution in [0.3, 0.4) is 0 Å². The number of nitrogens with one attached hydrogen (secondary N) is 1. The summed E-state index contributed by atoms with van der Waals surface area (Å²) in [5, 5.41) is 3.28. The Morgan fingerprint density at radius 1 is 0.923 bits per heavy atom. The van der Waals surface area contributed by atoms with Crippen molar-refractivity contribution in [3.8, 4) is 0 Å². The van der Waals surface area contributed by atoms with Gasteiger partial charge in [-0.25, -0.2) is 8.42 Å². The van der Waals surface area contributed by atoms with E-state index in [-0.39, 0.29) is 31.3 Å². The van der Waals surface area contributed by atoms with Crippen molar-refractivity contribution in [3.05, 3.63) is 100 Å². The van der Waals surface area contributed by atoms with E-state index in [1.165, 1.54) is 10.6 Å². The van der Waals surface area contributed by atoms with E-state index in [9.17, 15) is 18.0 Å². The Labute approximate surface area is 236 Å². The average Bonchev–Trinajstić information content (AvgIpc) is 2.90. The third-order valence-electron chi connectivity index (χ3n) is 6.71. The van der Waals surface area contributed by atoms with Gasteiger partial charge in [0.1, 0.15) is 6.04 Å². The molecule has 0 fully saturated rings. The van der Waals surface area contributed by atoms with Gasteiger partial charge in [0, 0.05) is 38.0 Å². The van der Waals surface area contributed by atoms with Gasteiger partial charge >= 0.3 is 0 Å². The summed E-state index contributed by atoms with van der Waals surface area (Å²) in [5.74, 6) is -0.503. The molecule has 0 radical (unpaired) electrons. The molecule has 0 aliphatic carbocycles. The van der Waals surface area contributed by atoms with Gasteiger partial charge in [-0.15, -0.1) is 0 Å². The number of aryl methyl sites for hydroxylation is 2. The molecule has 3 aromatic rings. The standard InChI is InChI=1S/C30H36ClN3O4S/c1-22-12-17-27(19-23(22)2)34(39(4,37)38)18-8-11-29(35)33(21-25-13-15-26(31)16-14-25)28(30(36)32-3)20-24-9-6-5-7-10-24/h5-7,9-10,12-17,19,28H,8,11,18,20-21H2,1-4H3,(H,32,36). The summed E-state index contributed by atoms with van der Waals surface area (Å²) >= 11 is 6.06. The van der Waals surface area contributed by atoms with Crippen molar-refractivity contribution in [1.29, 1.82) is 0 Å². The lowest BCUT2D eigenvalue weighted by Crippen LogP contribution is -2.49. The Morgan fingerprint density at radius 3 is 2.18 bits per heavy atom. The molecule has 39 heavy (non-hydrogen) atoms. The van der Waals surface area contributed by atoms with Crippen LogP contribution in [0.1, 0.15) is 35.1 Å². The summed E-state index contributed by atoms with van der Waals surface area (Å²) in [6.45, 7) is 4.26. The smallest absolute Gasteiger partial charge is 0.242 e. The number of likely N-dealkylation sites (N-methyl/N-ethyl adjacent to an activating group) is 1. The van der Waals surface area contributed by atoms with E-state index in [1.807, 2.05) is 68.4 Å². The van der Waals surface area contributed by atoms with Crippen LogP contribution in [0.4, 0.5) is 5.69 Å². The maximum atomic E-state index is 13.7. The molecular formula is C30H36ClN3O4S. The van der Waals surface area contributed by atoms with E-state index in [2.05, 4.69) is 5.32 Å². The number of hydrogen-bond acceptors (Lipinski definition) is 4. The highest BCUT2D eigenvalue weighted by Crippen LogP contribution is 2.23. The number of rotatable bonds is 12. The Kier molecular flexibility index (Phi) is 10.5. The van der Waals surface area contributed by atoms with Gasteiger partial charge in [-0.05, 0) is 66.8 Å². The van der Waals surface area contributed by atoms with Gasteiger partial charge in [0.15, 0.2) is 0 Å². The molecule has 1 atom stereocenters. The predicted molar refractivity (Wildman–Crippen MR) is 157 cm³/mol. The molecule has 0 spiro atoms. The van der Waals surface area contributed by atoms with E-state index >= 15 is 0 Å². The van der Waals surface area contributed by atoms with Crippen LogP contribution < -0.4 is 9.62 Å². The van der Waals surface area contributed by atoms with Crippen LogP contribution in [0.5, 0.6) is 0 Å².